The second-order valence-corrected chi connectivity index (χ2v) is 5.61. The highest BCUT2D eigenvalue weighted by Gasteiger charge is 2.39. The molecular formula is C16H25NO3. The zero-order valence-corrected chi connectivity index (χ0v) is 12.0. The Kier molecular flexibility index (Phi) is 5.54. The fourth-order valence-corrected chi connectivity index (χ4v) is 3.04. The number of hydrogen-bond donors (Lipinski definition) is 3. The van der Waals surface area contributed by atoms with Gasteiger partial charge in [-0.15, -0.1) is 0 Å². The summed E-state index contributed by atoms with van der Waals surface area (Å²) in [6.45, 7) is 3.27. The lowest BCUT2D eigenvalue weighted by molar-refractivity contribution is -0.137. The first-order valence-corrected chi connectivity index (χ1v) is 7.45. The van der Waals surface area contributed by atoms with Gasteiger partial charge < -0.3 is 15.3 Å². The summed E-state index contributed by atoms with van der Waals surface area (Å²) in [4.78, 5) is 2.10. The number of benzene rings is 1. The van der Waals surface area contributed by atoms with E-state index in [9.17, 15) is 15.3 Å². The van der Waals surface area contributed by atoms with Gasteiger partial charge in [0.15, 0.2) is 0 Å². The maximum absolute atomic E-state index is 10.0. The van der Waals surface area contributed by atoms with E-state index in [1.807, 2.05) is 25.1 Å². The van der Waals surface area contributed by atoms with Crippen LogP contribution < -0.4 is 0 Å². The largest absolute Gasteiger partial charge is 0.389 e. The Balaban J connectivity index is 1.87. The standard InChI is InChI=1S/C16H25NO3/c1-2-13-15(19)16(20)14(18)11-17(13)10-6-9-12-7-4-3-5-8-12/h3-5,7-8,13-16,18-20H,2,6,9-11H2,1H3/t13-,14-,15+,16+/m0/s1. The van der Waals surface area contributed by atoms with Crippen molar-refractivity contribution >= 4 is 0 Å². The molecule has 0 amide bonds. The summed E-state index contributed by atoms with van der Waals surface area (Å²) < 4.78 is 0. The Bertz CT molecular complexity index is 398. The number of aliphatic hydroxyl groups excluding tert-OH is 3. The van der Waals surface area contributed by atoms with Crippen LogP contribution in [-0.2, 0) is 6.42 Å². The summed E-state index contributed by atoms with van der Waals surface area (Å²) in [5.41, 5.74) is 1.30. The smallest absolute Gasteiger partial charge is 0.108 e. The van der Waals surface area contributed by atoms with E-state index in [-0.39, 0.29) is 6.04 Å². The van der Waals surface area contributed by atoms with Gasteiger partial charge >= 0.3 is 0 Å². The maximum Gasteiger partial charge on any atom is 0.108 e. The van der Waals surface area contributed by atoms with Crippen LogP contribution in [0.15, 0.2) is 30.3 Å². The van der Waals surface area contributed by atoms with Crippen LogP contribution in [0.5, 0.6) is 0 Å². The van der Waals surface area contributed by atoms with Crippen LogP contribution >= 0.6 is 0 Å². The molecule has 0 radical (unpaired) electrons. The summed E-state index contributed by atoms with van der Waals surface area (Å²) >= 11 is 0. The highest BCUT2D eigenvalue weighted by Crippen LogP contribution is 2.21. The monoisotopic (exact) mass is 279 g/mol. The van der Waals surface area contributed by atoms with Crippen molar-refractivity contribution in [3.05, 3.63) is 35.9 Å². The van der Waals surface area contributed by atoms with E-state index in [0.29, 0.717) is 6.54 Å². The van der Waals surface area contributed by atoms with E-state index in [1.54, 1.807) is 0 Å². The van der Waals surface area contributed by atoms with Gasteiger partial charge in [-0.3, -0.25) is 4.90 Å². The van der Waals surface area contributed by atoms with Crippen LogP contribution in [-0.4, -0.2) is 57.7 Å². The van der Waals surface area contributed by atoms with Gasteiger partial charge in [0.25, 0.3) is 0 Å². The van der Waals surface area contributed by atoms with Crippen molar-refractivity contribution < 1.29 is 15.3 Å². The Morgan fingerprint density at radius 2 is 1.80 bits per heavy atom. The van der Waals surface area contributed by atoms with E-state index >= 15 is 0 Å². The minimum Gasteiger partial charge on any atom is -0.389 e. The molecule has 4 nitrogen and oxygen atoms in total. The number of hydrogen-bond acceptors (Lipinski definition) is 4. The second kappa shape index (κ2) is 7.18. The summed E-state index contributed by atoms with van der Waals surface area (Å²) in [5, 5.41) is 29.6. The molecule has 1 aromatic carbocycles. The maximum atomic E-state index is 10.0. The quantitative estimate of drug-likeness (QED) is 0.746. The van der Waals surface area contributed by atoms with Crippen molar-refractivity contribution in [2.24, 2.45) is 0 Å². The fraction of sp³-hybridized carbons (Fsp3) is 0.625. The number of aliphatic hydroxyl groups is 3. The molecule has 4 atom stereocenters. The third-order valence-electron chi connectivity index (χ3n) is 4.20. The molecule has 0 aromatic heterocycles. The topological polar surface area (TPSA) is 63.9 Å². The van der Waals surface area contributed by atoms with Gasteiger partial charge in [0.1, 0.15) is 6.10 Å². The number of rotatable bonds is 5. The Morgan fingerprint density at radius 1 is 1.10 bits per heavy atom. The summed E-state index contributed by atoms with van der Waals surface area (Å²) in [7, 11) is 0. The van der Waals surface area contributed by atoms with Gasteiger partial charge in [0.05, 0.1) is 12.2 Å². The Labute approximate surface area is 120 Å². The average molecular weight is 279 g/mol. The van der Waals surface area contributed by atoms with Crippen molar-refractivity contribution in [1.29, 1.82) is 0 Å². The molecule has 1 aliphatic rings. The molecule has 2 rings (SSSR count). The molecule has 0 aliphatic carbocycles. The molecule has 1 aliphatic heterocycles. The molecular weight excluding hydrogens is 254 g/mol. The molecule has 20 heavy (non-hydrogen) atoms. The summed E-state index contributed by atoms with van der Waals surface area (Å²) in [6.07, 6.45) is 0.00445. The van der Waals surface area contributed by atoms with Gasteiger partial charge in [0.2, 0.25) is 0 Å². The fourth-order valence-electron chi connectivity index (χ4n) is 3.04. The molecule has 1 saturated heterocycles. The molecule has 3 N–H and O–H groups in total. The lowest BCUT2D eigenvalue weighted by atomic mass is 9.92. The molecule has 112 valence electrons. The predicted molar refractivity (Wildman–Crippen MR) is 78.4 cm³/mol. The lowest BCUT2D eigenvalue weighted by Gasteiger charge is -2.43. The van der Waals surface area contributed by atoms with E-state index in [1.165, 1.54) is 5.56 Å². The molecule has 0 bridgehead atoms. The van der Waals surface area contributed by atoms with E-state index < -0.39 is 18.3 Å². The minimum absolute atomic E-state index is 0.0656. The summed E-state index contributed by atoms with van der Waals surface area (Å²) in [6, 6.07) is 10.2. The third kappa shape index (κ3) is 3.58. The van der Waals surface area contributed by atoms with Crippen LogP contribution in [0.2, 0.25) is 0 Å². The number of likely N-dealkylation sites (tertiary alicyclic amines) is 1. The van der Waals surface area contributed by atoms with Crippen LogP contribution in [0.25, 0.3) is 0 Å². The lowest BCUT2D eigenvalue weighted by Crippen LogP contribution is -2.61. The highest BCUT2D eigenvalue weighted by atomic mass is 16.4. The highest BCUT2D eigenvalue weighted by molar-refractivity contribution is 5.14. The normalized spacial score (nSPS) is 31.4. The zero-order chi connectivity index (χ0) is 14.5. The van der Waals surface area contributed by atoms with Crippen molar-refractivity contribution in [3.8, 4) is 0 Å². The Hall–Kier alpha value is -0.940. The molecule has 1 fully saturated rings. The van der Waals surface area contributed by atoms with Gasteiger partial charge in [-0.25, -0.2) is 0 Å². The third-order valence-corrected chi connectivity index (χ3v) is 4.20. The number of nitrogens with zero attached hydrogens (tertiary/aromatic N) is 1. The van der Waals surface area contributed by atoms with Crippen molar-refractivity contribution in [3.63, 3.8) is 0 Å². The van der Waals surface area contributed by atoms with E-state index in [0.717, 1.165) is 25.8 Å². The van der Waals surface area contributed by atoms with E-state index in [2.05, 4.69) is 17.0 Å². The molecule has 0 spiro atoms. The minimum atomic E-state index is -1.02. The van der Waals surface area contributed by atoms with Crippen LogP contribution in [0.4, 0.5) is 0 Å². The van der Waals surface area contributed by atoms with Crippen molar-refractivity contribution in [2.75, 3.05) is 13.1 Å². The van der Waals surface area contributed by atoms with Gasteiger partial charge in [0, 0.05) is 12.6 Å². The van der Waals surface area contributed by atoms with Crippen molar-refractivity contribution in [2.45, 2.75) is 50.5 Å². The van der Waals surface area contributed by atoms with Gasteiger partial charge in [-0.05, 0) is 31.4 Å². The molecule has 0 saturated carbocycles. The van der Waals surface area contributed by atoms with Crippen LogP contribution in [0.3, 0.4) is 0 Å². The van der Waals surface area contributed by atoms with Gasteiger partial charge in [-0.2, -0.15) is 0 Å². The molecule has 1 aromatic rings. The van der Waals surface area contributed by atoms with Crippen LogP contribution in [0, 0.1) is 0 Å². The number of β-amino-alcohol motifs (C(OH)–C–C–N with tert-alkyl or cyclic N) is 1. The van der Waals surface area contributed by atoms with E-state index in [4.69, 9.17) is 0 Å². The van der Waals surface area contributed by atoms with Gasteiger partial charge in [-0.1, -0.05) is 37.3 Å². The first-order chi connectivity index (χ1) is 9.63. The molecule has 4 heteroatoms. The first kappa shape index (κ1) is 15.4. The SMILES string of the molecule is CC[C@H]1[C@@H](O)[C@H](O)[C@@H](O)CN1CCCc1ccccc1. The number of aryl methyl sites for hydroxylation is 1. The average Bonchev–Trinajstić information content (AvgIpc) is 2.46. The summed E-state index contributed by atoms with van der Waals surface area (Å²) in [5.74, 6) is 0. The predicted octanol–water partition coefficient (Wildman–Crippen LogP) is 0.796. The second-order valence-electron chi connectivity index (χ2n) is 5.61. The molecule has 0 unspecified atom stereocenters. The number of piperidine rings is 1. The van der Waals surface area contributed by atoms with Crippen molar-refractivity contribution in [1.82, 2.24) is 4.90 Å². The van der Waals surface area contributed by atoms with Crippen LogP contribution in [0.1, 0.15) is 25.3 Å². The zero-order valence-electron chi connectivity index (χ0n) is 12.0. The molecule has 1 heterocycles. The first-order valence-electron chi connectivity index (χ1n) is 7.45. The Morgan fingerprint density at radius 3 is 2.45 bits per heavy atom.